The van der Waals surface area contributed by atoms with Gasteiger partial charge in [-0.2, -0.15) is 0 Å². The molecule has 2 aliphatic heterocycles. The van der Waals surface area contributed by atoms with Gasteiger partial charge in [-0.05, 0) is 144 Å². The molecule has 0 aromatic heterocycles. The van der Waals surface area contributed by atoms with Crippen LogP contribution in [0.1, 0.15) is 0 Å². The average molecular weight is 1130 g/mol. The molecule has 0 atom stereocenters. The van der Waals surface area contributed by atoms with Gasteiger partial charge in [0.2, 0.25) is 0 Å². The lowest BCUT2D eigenvalue weighted by Gasteiger charge is -2.36. The van der Waals surface area contributed by atoms with Crippen LogP contribution in [-0.2, 0) is 0 Å². The van der Waals surface area contributed by atoms with Crippen molar-refractivity contribution >= 4 is 101 Å². The zero-order chi connectivity index (χ0) is 56.8. The third-order valence-electron chi connectivity index (χ3n) is 18.6. The van der Waals surface area contributed by atoms with Crippen molar-refractivity contribution in [3.05, 3.63) is 328 Å². The molecule has 0 unspecified atom stereocenters. The van der Waals surface area contributed by atoms with E-state index in [1.165, 1.54) is 96.2 Å². The van der Waals surface area contributed by atoms with Gasteiger partial charge in [0.15, 0.2) is 16.1 Å². The Kier molecular flexibility index (Phi) is 11.6. The van der Waals surface area contributed by atoms with Crippen molar-refractivity contribution in [2.24, 2.45) is 0 Å². The molecule has 0 bridgehead atoms. The van der Waals surface area contributed by atoms with Crippen LogP contribution >= 0.6 is 0 Å². The zero-order valence-electron chi connectivity index (χ0n) is 47.0. The number of benzene rings is 15. The van der Waals surface area contributed by atoms with Crippen molar-refractivity contribution in [1.82, 2.24) is 0 Å². The summed E-state index contributed by atoms with van der Waals surface area (Å²) in [4.78, 5) is 0. The van der Waals surface area contributed by atoms with E-state index in [-0.39, 0.29) is 0 Å². The normalized spacial score (nSPS) is 12.4. The topological polar surface area (TPSA) is 18.5 Å². The summed E-state index contributed by atoms with van der Waals surface area (Å²) in [6.07, 6.45) is 0. The smallest absolute Gasteiger partial charge is 0.180 e. The van der Waals surface area contributed by atoms with E-state index < -0.39 is 16.1 Å². The summed E-state index contributed by atoms with van der Waals surface area (Å²) in [5.74, 6) is 3.47. The first kappa shape index (κ1) is 49.9. The van der Waals surface area contributed by atoms with Gasteiger partial charge in [-0.1, -0.05) is 291 Å². The average Bonchev–Trinajstić information content (AvgIpc) is 1.21. The summed E-state index contributed by atoms with van der Waals surface area (Å²) >= 11 is 0. The number of rotatable bonds is 10. The molecule has 0 aliphatic carbocycles. The van der Waals surface area contributed by atoms with Crippen LogP contribution in [0.2, 0.25) is 0 Å². The van der Waals surface area contributed by atoms with Crippen molar-refractivity contribution in [1.29, 1.82) is 0 Å². The van der Waals surface area contributed by atoms with E-state index in [2.05, 4.69) is 328 Å². The maximum absolute atomic E-state index is 7.22. The molecule has 15 aromatic carbocycles. The van der Waals surface area contributed by atoms with E-state index in [1.54, 1.807) is 0 Å². The van der Waals surface area contributed by atoms with Crippen LogP contribution in [0.4, 0.5) is 0 Å². The Labute approximate surface area is 502 Å². The molecule has 2 aliphatic rings. The Balaban J connectivity index is 0.818. The summed E-state index contributed by atoms with van der Waals surface area (Å²) in [5.41, 5.74) is 9.24. The molecule has 0 saturated heterocycles. The van der Waals surface area contributed by atoms with Gasteiger partial charge in [-0.25, -0.2) is 0 Å². The van der Waals surface area contributed by atoms with E-state index >= 15 is 0 Å². The van der Waals surface area contributed by atoms with E-state index in [0.29, 0.717) is 0 Å². The molecule has 402 valence electrons. The van der Waals surface area contributed by atoms with Gasteiger partial charge < -0.3 is 9.47 Å². The number of hydrogen-bond acceptors (Lipinski definition) is 2. The third-order valence-corrected chi connectivity index (χ3v) is 28.2. The molecule has 0 fully saturated rings. The number of ether oxygens (including phenoxy) is 2. The quantitative estimate of drug-likeness (QED) is 0.0772. The lowest BCUT2D eigenvalue weighted by molar-refractivity contribution is 0.487. The van der Waals surface area contributed by atoms with Gasteiger partial charge in [-0.15, -0.1) is 0 Å². The van der Waals surface area contributed by atoms with Crippen LogP contribution in [0.5, 0.6) is 23.0 Å². The minimum atomic E-state index is -2.86. The summed E-state index contributed by atoms with van der Waals surface area (Å²) in [6, 6.07) is 122. The first-order valence-electron chi connectivity index (χ1n) is 29.7. The second kappa shape index (κ2) is 20.0. The first-order valence-corrected chi connectivity index (χ1v) is 33.7. The van der Waals surface area contributed by atoms with Crippen molar-refractivity contribution in [3.63, 3.8) is 0 Å². The SMILES string of the molecule is c1ccc([Si](c2ccccc2)(c2ccccc2)c2ccc3c(c2)-c2cccc4c(-c5c6ccccc6c(-c6ccc7c(c6)Oc6ccc([Si](c8ccccc8)(c8ccccc8)c8ccccc8)c8cccc-7c68)c6ccccc56)ccc(c24)O3)cc1. The Morgan fingerprint density at radius 1 is 0.198 bits per heavy atom. The molecule has 2 nitrogen and oxygen atoms in total. The molecule has 0 N–H and O–H groups in total. The highest BCUT2D eigenvalue weighted by molar-refractivity contribution is 7.21. The fourth-order valence-electron chi connectivity index (χ4n) is 15.0. The van der Waals surface area contributed by atoms with Gasteiger partial charge in [-0.3, -0.25) is 0 Å². The lowest BCUT2D eigenvalue weighted by Crippen LogP contribution is -2.74. The number of fused-ring (bicyclic) bond motifs is 6. The molecular weight excluding hydrogens is 1070 g/mol. The molecule has 4 heteroatoms. The third kappa shape index (κ3) is 7.43. The summed E-state index contributed by atoms with van der Waals surface area (Å²) in [7, 11) is -5.69. The van der Waals surface area contributed by atoms with Gasteiger partial charge in [0.1, 0.15) is 23.0 Å². The Morgan fingerprint density at radius 3 is 1.09 bits per heavy atom. The lowest BCUT2D eigenvalue weighted by atomic mass is 9.83. The molecule has 17 rings (SSSR count). The van der Waals surface area contributed by atoms with Gasteiger partial charge in [0.25, 0.3) is 0 Å². The summed E-state index contributed by atoms with van der Waals surface area (Å²) in [5, 5.41) is 20.1. The van der Waals surface area contributed by atoms with Crippen molar-refractivity contribution in [3.8, 4) is 67.5 Å². The minimum Gasteiger partial charge on any atom is -0.456 e. The predicted octanol–water partition coefficient (Wildman–Crippen LogP) is 15.9. The first-order chi connectivity index (χ1) is 42.7. The van der Waals surface area contributed by atoms with Crippen molar-refractivity contribution < 1.29 is 9.47 Å². The minimum absolute atomic E-state index is 0.855. The number of hydrogen-bond donors (Lipinski definition) is 0. The molecule has 2 heterocycles. The van der Waals surface area contributed by atoms with Gasteiger partial charge in [0.05, 0.1) is 0 Å². The second-order valence-corrected chi connectivity index (χ2v) is 30.4. The van der Waals surface area contributed by atoms with Crippen LogP contribution in [0.15, 0.2) is 328 Å². The molecule has 0 spiro atoms. The van der Waals surface area contributed by atoms with Crippen molar-refractivity contribution in [2.45, 2.75) is 0 Å². The van der Waals surface area contributed by atoms with E-state index in [4.69, 9.17) is 9.47 Å². The predicted molar refractivity (Wildman–Crippen MR) is 366 cm³/mol. The molecular formula is C82H54O2Si2. The summed E-state index contributed by atoms with van der Waals surface area (Å²) in [6.45, 7) is 0. The largest absolute Gasteiger partial charge is 0.456 e. The van der Waals surface area contributed by atoms with E-state index in [9.17, 15) is 0 Å². The standard InChI is InChI=1S/C82H54O2Si2/c1-7-25-56(26-8-1)85(57-27-9-2-10-28-57,58-29-11-3-12-30-58)62-46-49-74-73(54-62)70-43-23-42-69-71(48-50-75(83-74)81(69)70)80-67-39-21-19-37-65(67)79(66-38-20-22-40-68(66)80)55-45-47-63-64-41-24-44-72-78(52-51-76(82(64)72)84-77(63)53-55)86(59-31-13-4-14-32-59,60-33-15-5-16-34-60)61-35-17-6-18-36-61/h1-54H. The highest BCUT2D eigenvalue weighted by Gasteiger charge is 2.44. The fourth-order valence-corrected chi connectivity index (χ4v) is 24.7. The molecule has 0 radical (unpaired) electrons. The molecule has 15 aromatic rings. The fraction of sp³-hybridized carbons (Fsp3) is 0. The molecule has 0 saturated carbocycles. The Hall–Kier alpha value is -10.6. The van der Waals surface area contributed by atoms with Gasteiger partial charge >= 0.3 is 0 Å². The van der Waals surface area contributed by atoms with Crippen LogP contribution in [0, 0.1) is 0 Å². The molecule has 0 amide bonds. The maximum Gasteiger partial charge on any atom is 0.180 e. The Bertz CT molecular complexity index is 4900. The van der Waals surface area contributed by atoms with Crippen LogP contribution in [0.3, 0.4) is 0 Å². The van der Waals surface area contributed by atoms with E-state index in [1.807, 2.05) is 0 Å². The highest BCUT2D eigenvalue weighted by atomic mass is 28.3. The monoisotopic (exact) mass is 1130 g/mol. The van der Waals surface area contributed by atoms with Crippen molar-refractivity contribution in [2.75, 3.05) is 0 Å². The van der Waals surface area contributed by atoms with Crippen LogP contribution < -0.4 is 51.0 Å². The van der Waals surface area contributed by atoms with E-state index in [0.717, 1.165) is 55.8 Å². The Morgan fingerprint density at radius 2 is 0.581 bits per heavy atom. The van der Waals surface area contributed by atoms with Gasteiger partial charge in [0, 0.05) is 21.9 Å². The molecule has 86 heavy (non-hydrogen) atoms. The van der Waals surface area contributed by atoms with Crippen LogP contribution in [0.25, 0.3) is 87.6 Å². The van der Waals surface area contributed by atoms with Crippen LogP contribution in [-0.4, -0.2) is 16.1 Å². The zero-order valence-corrected chi connectivity index (χ0v) is 49.0. The highest BCUT2D eigenvalue weighted by Crippen LogP contribution is 2.53. The second-order valence-electron chi connectivity index (χ2n) is 22.8. The summed E-state index contributed by atoms with van der Waals surface area (Å²) < 4.78 is 14.3. The maximum atomic E-state index is 7.22.